The van der Waals surface area contributed by atoms with Gasteiger partial charge in [-0.2, -0.15) is 0 Å². The number of carbonyl (C=O) groups excluding carboxylic acids is 3. The largest absolute Gasteiger partial charge is 0.444 e. The van der Waals surface area contributed by atoms with E-state index in [1.807, 2.05) is 37.5 Å². The minimum Gasteiger partial charge on any atom is -0.444 e. The molecule has 2 saturated carbocycles. The molecule has 0 unspecified atom stereocenters. The smallest absolute Gasteiger partial charge is 0.410 e. The minimum absolute atomic E-state index is 0.0386. The Kier molecular flexibility index (Phi) is 12.6. The zero-order valence-electron chi connectivity index (χ0n) is 37.5. The second-order valence-electron chi connectivity index (χ2n) is 20.1. The van der Waals surface area contributed by atoms with Gasteiger partial charge in [0, 0.05) is 119 Å². The molecule has 59 heavy (non-hydrogen) atoms. The Bertz CT molecular complexity index is 1770. The van der Waals surface area contributed by atoms with Crippen molar-refractivity contribution in [2.24, 2.45) is 10.8 Å². The summed E-state index contributed by atoms with van der Waals surface area (Å²) in [5, 5.41) is 3.63. The first-order valence-corrected chi connectivity index (χ1v) is 22.4. The van der Waals surface area contributed by atoms with Crippen LogP contribution < -0.4 is 15.1 Å². The van der Waals surface area contributed by atoms with E-state index in [1.54, 1.807) is 0 Å². The minimum atomic E-state index is -0.565. The van der Waals surface area contributed by atoms with Gasteiger partial charge in [0.2, 0.25) is 11.8 Å². The fraction of sp³-hybridized carbons (Fsp3) is 0.681. The molecule has 6 fully saturated rings. The van der Waals surface area contributed by atoms with Crippen LogP contribution in [0, 0.1) is 10.8 Å². The van der Waals surface area contributed by atoms with Gasteiger partial charge in [0.15, 0.2) is 0 Å². The van der Waals surface area contributed by atoms with Crippen molar-refractivity contribution in [2.45, 2.75) is 104 Å². The normalized spacial score (nSPS) is 27.1. The molecule has 12 nitrogen and oxygen atoms in total. The standard InChI is InChI=1S/C26H40N4O3.C21H32N4O/c1-19-17-30(24(32)33-25(2,3)4)22(18-29(19)23(31)26(5)11-12-26)20-7-9-21(10-8-20)28-15-13-27(6)14-16-28;1-16-14-22-19(15-25(16)20(26)21(2)8-9-21)17-4-6-18(7-5-17)24-12-10-23(3)11-13-24/h7-10,19,22H,11-18H2,1-6H3;4-7,16,19,22H,8-15H2,1-3H3/t19-,22-;16-,19-/m11/s1. The van der Waals surface area contributed by atoms with Crippen molar-refractivity contribution in [1.82, 2.24) is 29.8 Å². The molecule has 8 rings (SSSR count). The van der Waals surface area contributed by atoms with Gasteiger partial charge in [0.05, 0.1) is 6.04 Å². The monoisotopic (exact) mass is 813 g/mol. The predicted octanol–water partition coefficient (Wildman–Crippen LogP) is 5.85. The third-order valence-electron chi connectivity index (χ3n) is 13.8. The van der Waals surface area contributed by atoms with Crippen LogP contribution >= 0.6 is 0 Å². The molecular weight excluding hydrogens is 741 g/mol. The van der Waals surface area contributed by atoms with Crippen LogP contribution in [0.15, 0.2) is 48.5 Å². The summed E-state index contributed by atoms with van der Waals surface area (Å²) < 4.78 is 5.75. The lowest BCUT2D eigenvalue weighted by molar-refractivity contribution is -0.142. The highest BCUT2D eigenvalue weighted by molar-refractivity contribution is 5.86. The zero-order valence-corrected chi connectivity index (χ0v) is 37.5. The maximum Gasteiger partial charge on any atom is 0.410 e. The molecule has 1 N–H and O–H groups in total. The van der Waals surface area contributed by atoms with Gasteiger partial charge < -0.3 is 39.5 Å². The van der Waals surface area contributed by atoms with Crippen LogP contribution in [0.5, 0.6) is 0 Å². The molecule has 0 radical (unpaired) electrons. The van der Waals surface area contributed by atoms with E-state index in [1.165, 1.54) is 16.9 Å². The maximum absolute atomic E-state index is 13.2. The Morgan fingerprint density at radius 3 is 1.49 bits per heavy atom. The lowest BCUT2D eigenvalue weighted by Crippen LogP contribution is -2.58. The van der Waals surface area contributed by atoms with Crippen molar-refractivity contribution in [3.8, 4) is 0 Å². The number of carbonyl (C=O) groups is 3. The lowest BCUT2D eigenvalue weighted by Gasteiger charge is -2.46. The Balaban J connectivity index is 0.000000184. The molecule has 2 aromatic rings. The van der Waals surface area contributed by atoms with Gasteiger partial charge in [-0.1, -0.05) is 38.1 Å². The van der Waals surface area contributed by atoms with Gasteiger partial charge >= 0.3 is 6.09 Å². The fourth-order valence-electron chi connectivity index (χ4n) is 8.89. The van der Waals surface area contributed by atoms with Crippen molar-refractivity contribution in [1.29, 1.82) is 0 Å². The molecule has 12 heteroatoms. The third kappa shape index (κ3) is 10.2. The topological polar surface area (TPSA) is 95.1 Å². The van der Waals surface area contributed by atoms with E-state index in [2.05, 4.69) is 113 Å². The van der Waals surface area contributed by atoms with Gasteiger partial charge in [-0.25, -0.2) is 4.79 Å². The summed E-state index contributed by atoms with van der Waals surface area (Å²) in [6, 6.07) is 17.8. The van der Waals surface area contributed by atoms with Crippen molar-refractivity contribution in [2.75, 3.05) is 102 Å². The van der Waals surface area contributed by atoms with Gasteiger partial charge in [0.1, 0.15) is 5.60 Å². The molecule has 2 aromatic carbocycles. The lowest BCUT2D eigenvalue weighted by atomic mass is 9.97. The van der Waals surface area contributed by atoms with Crippen LogP contribution in [0.4, 0.5) is 16.2 Å². The Hall–Kier alpha value is -3.87. The second-order valence-corrected chi connectivity index (χ2v) is 20.1. The molecule has 4 heterocycles. The number of nitrogens with zero attached hydrogens (tertiary/aromatic N) is 7. The van der Waals surface area contributed by atoms with Crippen LogP contribution in [0.2, 0.25) is 0 Å². The average molecular weight is 813 g/mol. The van der Waals surface area contributed by atoms with Gasteiger partial charge in [-0.3, -0.25) is 14.5 Å². The van der Waals surface area contributed by atoms with E-state index in [0.29, 0.717) is 19.0 Å². The Morgan fingerprint density at radius 2 is 1.05 bits per heavy atom. The highest BCUT2D eigenvalue weighted by atomic mass is 16.6. The highest BCUT2D eigenvalue weighted by Crippen LogP contribution is 2.48. The molecule has 0 spiro atoms. The molecule has 4 saturated heterocycles. The number of likely N-dealkylation sites (N-methyl/N-ethyl adjacent to an activating group) is 2. The molecule has 324 valence electrons. The summed E-state index contributed by atoms with van der Waals surface area (Å²) >= 11 is 0. The number of nitrogens with one attached hydrogen (secondary N) is 1. The number of piperazine rings is 4. The van der Waals surface area contributed by atoms with Crippen LogP contribution in [-0.2, 0) is 14.3 Å². The highest BCUT2D eigenvalue weighted by Gasteiger charge is 2.51. The van der Waals surface area contributed by atoms with E-state index < -0.39 is 5.60 Å². The average Bonchev–Trinajstić information content (AvgIpc) is 4.16. The molecule has 0 aromatic heterocycles. The number of ether oxygens (including phenoxy) is 1. The second kappa shape index (κ2) is 17.2. The first kappa shape index (κ1) is 43.2. The van der Waals surface area contributed by atoms with Crippen molar-refractivity contribution < 1.29 is 19.1 Å². The number of benzene rings is 2. The first-order valence-electron chi connectivity index (χ1n) is 22.4. The number of hydrogen-bond donors (Lipinski definition) is 1. The quantitative estimate of drug-likeness (QED) is 0.386. The van der Waals surface area contributed by atoms with E-state index in [0.717, 1.165) is 96.7 Å². The van der Waals surface area contributed by atoms with E-state index in [-0.39, 0.29) is 47.0 Å². The predicted molar refractivity (Wildman–Crippen MR) is 236 cm³/mol. The Morgan fingerprint density at radius 1 is 0.610 bits per heavy atom. The van der Waals surface area contributed by atoms with Crippen molar-refractivity contribution in [3.05, 3.63) is 59.7 Å². The van der Waals surface area contributed by atoms with E-state index in [9.17, 15) is 14.4 Å². The first-order chi connectivity index (χ1) is 27.9. The fourth-order valence-corrected chi connectivity index (χ4v) is 8.89. The summed E-state index contributed by atoms with van der Waals surface area (Å²) in [5.41, 5.74) is 3.98. The molecule has 3 amide bonds. The van der Waals surface area contributed by atoms with E-state index >= 15 is 0 Å². The van der Waals surface area contributed by atoms with Crippen molar-refractivity contribution >= 4 is 29.3 Å². The van der Waals surface area contributed by atoms with E-state index in [4.69, 9.17) is 4.74 Å². The summed E-state index contributed by atoms with van der Waals surface area (Å²) in [6.07, 6.45) is 3.69. The van der Waals surface area contributed by atoms with Crippen molar-refractivity contribution in [3.63, 3.8) is 0 Å². The van der Waals surface area contributed by atoms with Crippen LogP contribution in [-0.4, -0.2) is 153 Å². The number of rotatable bonds is 6. The number of amides is 3. The van der Waals surface area contributed by atoms with Crippen LogP contribution in [0.25, 0.3) is 0 Å². The molecule has 4 atom stereocenters. The maximum atomic E-state index is 13.2. The Labute approximate surface area is 354 Å². The molecule has 2 aliphatic carbocycles. The molecule has 4 aliphatic heterocycles. The van der Waals surface area contributed by atoms with Crippen LogP contribution in [0.1, 0.15) is 97.4 Å². The summed E-state index contributed by atoms with van der Waals surface area (Å²) in [6.45, 7) is 25.2. The zero-order chi connectivity index (χ0) is 42.3. The summed E-state index contributed by atoms with van der Waals surface area (Å²) in [4.78, 5) is 54.8. The molecule has 0 bridgehead atoms. The van der Waals surface area contributed by atoms with Gasteiger partial charge in [-0.15, -0.1) is 0 Å². The molecular formula is C47H72N8O4. The van der Waals surface area contributed by atoms with Gasteiger partial charge in [-0.05, 0) is 110 Å². The molecule has 6 aliphatic rings. The van der Waals surface area contributed by atoms with Crippen LogP contribution in [0.3, 0.4) is 0 Å². The number of hydrogen-bond acceptors (Lipinski definition) is 9. The number of anilines is 2. The third-order valence-corrected chi connectivity index (χ3v) is 13.8. The summed E-state index contributed by atoms with van der Waals surface area (Å²) in [7, 11) is 4.34. The SMILES string of the molecule is C[C@@H]1CN(C(=O)OC(C)(C)C)[C@@H](c2ccc(N3CCN(C)CC3)cc2)CN1C(=O)C1(C)CC1.C[C@@H]1CN[C@@H](c2ccc(N3CCN(C)CC3)cc2)CN1C(=O)C1(C)CC1. The summed E-state index contributed by atoms with van der Waals surface area (Å²) in [5.74, 6) is 0.573. The van der Waals surface area contributed by atoms with Gasteiger partial charge in [0.25, 0.3) is 0 Å².